The molecule has 56 heavy (non-hydrogen) atoms. The minimum atomic E-state index is -0.778. The molecule has 2 aromatic heterocycles. The summed E-state index contributed by atoms with van der Waals surface area (Å²) in [4.78, 5) is 54.8. The van der Waals surface area contributed by atoms with Crippen LogP contribution < -0.4 is 20.7 Å². The van der Waals surface area contributed by atoms with Gasteiger partial charge in [-0.1, -0.05) is 0 Å². The van der Waals surface area contributed by atoms with Crippen LogP contribution in [-0.4, -0.2) is 140 Å². The van der Waals surface area contributed by atoms with E-state index in [0.29, 0.717) is 139 Å². The number of nitrogens with zero attached hydrogens (tertiary/aromatic N) is 2. The molecule has 1 aliphatic heterocycles. The fourth-order valence-corrected chi connectivity index (χ4v) is 5.76. The van der Waals surface area contributed by atoms with Gasteiger partial charge in [0.25, 0.3) is 0 Å². The molecular formula is C40H50N2O14. The predicted octanol–water partition coefficient (Wildman–Crippen LogP) is 3.39. The van der Waals surface area contributed by atoms with E-state index >= 15 is 0 Å². The molecule has 0 unspecified atom stereocenters. The first-order chi connectivity index (χ1) is 27.3. The molecule has 0 atom stereocenters. The molecule has 0 radical (unpaired) electrons. The first-order valence-corrected chi connectivity index (χ1v) is 18.9. The number of carbonyl (C=O) groups excluding carboxylic acids is 2. The van der Waals surface area contributed by atoms with Gasteiger partial charge in [-0.3, -0.25) is 9.80 Å². The summed E-state index contributed by atoms with van der Waals surface area (Å²) in [6.07, 6.45) is 0. The highest BCUT2D eigenvalue weighted by Crippen LogP contribution is 2.22. The van der Waals surface area contributed by atoms with Crippen LogP contribution in [0, 0.1) is 0 Å². The maximum absolute atomic E-state index is 12.8. The third-order valence-electron chi connectivity index (χ3n) is 8.71. The topological polar surface area (TPSA) is 175 Å². The predicted molar refractivity (Wildman–Crippen MR) is 204 cm³/mol. The van der Waals surface area contributed by atoms with Crippen LogP contribution in [0.25, 0.3) is 21.9 Å². The molecule has 3 heterocycles. The lowest BCUT2D eigenvalue weighted by Gasteiger charge is -2.23. The molecule has 0 bridgehead atoms. The van der Waals surface area contributed by atoms with Crippen LogP contribution >= 0.6 is 0 Å². The van der Waals surface area contributed by atoms with Gasteiger partial charge in [0.2, 0.25) is 0 Å². The van der Waals surface area contributed by atoms with Gasteiger partial charge in [0.05, 0.1) is 66.1 Å². The molecule has 0 spiro atoms. The first-order valence-electron chi connectivity index (χ1n) is 18.9. The van der Waals surface area contributed by atoms with E-state index in [4.69, 9.17) is 46.7 Å². The summed E-state index contributed by atoms with van der Waals surface area (Å²) in [6.45, 7) is 11.0. The lowest BCUT2D eigenvalue weighted by molar-refractivity contribution is 0.00175. The monoisotopic (exact) mass is 782 g/mol. The lowest BCUT2D eigenvalue weighted by atomic mass is 10.2. The molecular weight excluding hydrogens is 732 g/mol. The van der Waals surface area contributed by atoms with Crippen LogP contribution in [0.15, 0.2) is 67.0 Å². The van der Waals surface area contributed by atoms with Crippen LogP contribution in [0.4, 0.5) is 0 Å². The normalized spacial score (nSPS) is 16.2. The van der Waals surface area contributed by atoms with Gasteiger partial charge < -0.3 is 46.7 Å². The van der Waals surface area contributed by atoms with E-state index in [0.717, 1.165) is 0 Å². The Kier molecular flexibility index (Phi) is 17.1. The molecule has 16 heteroatoms. The second kappa shape index (κ2) is 22.6. The van der Waals surface area contributed by atoms with Crippen LogP contribution in [0.3, 0.4) is 0 Å². The zero-order valence-corrected chi connectivity index (χ0v) is 32.0. The van der Waals surface area contributed by atoms with E-state index in [9.17, 15) is 19.2 Å². The number of carbonyl (C=O) groups is 2. The van der Waals surface area contributed by atoms with Gasteiger partial charge in [0, 0.05) is 62.2 Å². The molecule has 0 saturated carbocycles. The Balaban J connectivity index is 1.03. The van der Waals surface area contributed by atoms with Crippen LogP contribution in [-0.2, 0) is 28.4 Å². The van der Waals surface area contributed by atoms with Gasteiger partial charge >= 0.3 is 23.2 Å². The van der Waals surface area contributed by atoms with Gasteiger partial charge in [-0.2, -0.15) is 0 Å². The SMILES string of the molecule is CCOc1ccc2cc(C(=O)OCCN3CCOCCOCCN(CCOC(=O)c4cc5ccc(OCC)cc5oc4=O)CCOCCOCC3)c(=O)oc2c1. The molecule has 1 saturated heterocycles. The number of hydrogen-bond donors (Lipinski definition) is 0. The highest BCUT2D eigenvalue weighted by atomic mass is 16.5. The Morgan fingerprint density at radius 1 is 0.554 bits per heavy atom. The Morgan fingerprint density at radius 2 is 0.929 bits per heavy atom. The van der Waals surface area contributed by atoms with Crippen LogP contribution in [0.2, 0.25) is 0 Å². The van der Waals surface area contributed by atoms with Crippen molar-refractivity contribution in [1.82, 2.24) is 9.80 Å². The van der Waals surface area contributed by atoms with Crippen molar-refractivity contribution in [2.45, 2.75) is 13.8 Å². The second-order valence-corrected chi connectivity index (χ2v) is 12.6. The molecule has 304 valence electrons. The molecule has 0 aliphatic carbocycles. The van der Waals surface area contributed by atoms with E-state index in [2.05, 4.69) is 0 Å². The Labute approximate surface area is 324 Å². The standard InChI is InChI=1S/C40H50N2O14/c1-3-51-31-7-5-29-25-33(39(45)55-35(29)27-31)37(43)53-19-13-41-9-15-47-21-23-49-17-11-42(12-18-50-24-22-48-16-10-41)14-20-54-38(44)34-26-30-6-8-32(52-4-2)28-36(30)56-40(34)46/h5-8,25-28H,3-4,9-24H2,1-2H3. The second-order valence-electron chi connectivity index (χ2n) is 12.6. The van der Waals surface area contributed by atoms with Crippen molar-refractivity contribution in [3.63, 3.8) is 0 Å². The molecule has 0 N–H and O–H groups in total. The summed E-state index contributed by atoms with van der Waals surface area (Å²) in [5.74, 6) is -0.385. The summed E-state index contributed by atoms with van der Waals surface area (Å²) < 4.78 is 55.7. The molecule has 1 aliphatic rings. The summed E-state index contributed by atoms with van der Waals surface area (Å²) in [5.41, 5.74) is -1.26. The van der Waals surface area contributed by atoms with Gasteiger partial charge in [0.15, 0.2) is 0 Å². The van der Waals surface area contributed by atoms with Crippen molar-refractivity contribution in [3.05, 3.63) is 80.5 Å². The Morgan fingerprint density at radius 3 is 1.29 bits per heavy atom. The third kappa shape index (κ3) is 13.1. The maximum Gasteiger partial charge on any atom is 0.351 e. The average Bonchev–Trinajstić information content (AvgIpc) is 3.18. The van der Waals surface area contributed by atoms with Gasteiger partial charge in [-0.05, 0) is 50.2 Å². The quantitative estimate of drug-likeness (QED) is 0.151. The van der Waals surface area contributed by atoms with Gasteiger partial charge in [-0.15, -0.1) is 0 Å². The van der Waals surface area contributed by atoms with E-state index in [-0.39, 0.29) is 24.3 Å². The van der Waals surface area contributed by atoms with Crippen molar-refractivity contribution in [2.24, 2.45) is 0 Å². The van der Waals surface area contributed by atoms with Crippen LogP contribution in [0.1, 0.15) is 34.6 Å². The number of benzene rings is 2. The summed E-state index contributed by atoms with van der Waals surface area (Å²) in [6, 6.07) is 13.1. The minimum absolute atomic E-state index is 0.0521. The first kappa shape index (κ1) is 42.3. The third-order valence-corrected chi connectivity index (χ3v) is 8.71. The average molecular weight is 783 g/mol. The van der Waals surface area contributed by atoms with Crippen molar-refractivity contribution < 1.29 is 56.3 Å². The molecule has 2 aromatic carbocycles. The van der Waals surface area contributed by atoms with E-state index in [1.54, 1.807) is 36.4 Å². The number of rotatable bonds is 12. The van der Waals surface area contributed by atoms with E-state index < -0.39 is 23.2 Å². The number of hydrogen-bond acceptors (Lipinski definition) is 16. The number of esters is 2. The Hall–Kier alpha value is -4.84. The fraction of sp³-hybridized carbons (Fsp3) is 0.500. The molecule has 16 nitrogen and oxygen atoms in total. The largest absolute Gasteiger partial charge is 0.494 e. The van der Waals surface area contributed by atoms with Gasteiger partial charge in [-0.25, -0.2) is 19.2 Å². The van der Waals surface area contributed by atoms with E-state index in [1.807, 2.05) is 23.6 Å². The summed E-state index contributed by atoms with van der Waals surface area (Å²) >= 11 is 0. The minimum Gasteiger partial charge on any atom is -0.494 e. The van der Waals surface area contributed by atoms with Crippen molar-refractivity contribution in [1.29, 1.82) is 0 Å². The zero-order valence-electron chi connectivity index (χ0n) is 32.0. The number of fused-ring (bicyclic) bond motifs is 2. The zero-order chi connectivity index (χ0) is 39.5. The molecule has 1 fully saturated rings. The van der Waals surface area contributed by atoms with E-state index in [1.165, 1.54) is 12.1 Å². The summed E-state index contributed by atoms with van der Waals surface area (Å²) in [7, 11) is 0. The summed E-state index contributed by atoms with van der Waals surface area (Å²) in [5, 5.41) is 1.16. The smallest absolute Gasteiger partial charge is 0.351 e. The van der Waals surface area contributed by atoms with Gasteiger partial charge in [0.1, 0.15) is 47.0 Å². The maximum atomic E-state index is 12.8. The van der Waals surface area contributed by atoms with Crippen molar-refractivity contribution >= 4 is 33.9 Å². The molecule has 5 rings (SSSR count). The van der Waals surface area contributed by atoms with Crippen LogP contribution in [0.5, 0.6) is 11.5 Å². The molecule has 4 aromatic rings. The highest BCUT2D eigenvalue weighted by molar-refractivity contribution is 5.93. The lowest BCUT2D eigenvalue weighted by Crippen LogP contribution is -2.36. The van der Waals surface area contributed by atoms with Crippen molar-refractivity contribution in [3.8, 4) is 11.5 Å². The number of ether oxygens (including phenoxy) is 8. The fourth-order valence-electron chi connectivity index (χ4n) is 5.76. The molecule has 0 amide bonds. The Bertz CT molecular complexity index is 1820. The highest BCUT2D eigenvalue weighted by Gasteiger charge is 2.18. The van der Waals surface area contributed by atoms with Crippen molar-refractivity contribution in [2.75, 3.05) is 119 Å².